The summed E-state index contributed by atoms with van der Waals surface area (Å²) in [7, 11) is 2.19. The number of aromatic nitrogens is 1. The molecule has 1 aliphatic heterocycles. The van der Waals surface area contributed by atoms with Gasteiger partial charge in [-0.05, 0) is 25.3 Å². The number of nitrogens with zero attached hydrogens (tertiary/aromatic N) is 3. The molecule has 0 bridgehead atoms. The minimum absolute atomic E-state index is 0.453. The minimum Gasteiger partial charge on any atom is -0.348 e. The van der Waals surface area contributed by atoms with Gasteiger partial charge in [0.2, 0.25) is 0 Å². The van der Waals surface area contributed by atoms with E-state index in [0.29, 0.717) is 18.5 Å². The van der Waals surface area contributed by atoms with E-state index in [1.54, 1.807) is 11.3 Å². The monoisotopic (exact) mass is 296 g/mol. The van der Waals surface area contributed by atoms with E-state index in [9.17, 15) is 0 Å². The second-order valence-corrected chi connectivity index (χ2v) is 7.00. The van der Waals surface area contributed by atoms with Crippen LogP contribution in [-0.4, -0.2) is 42.6 Å². The lowest BCUT2D eigenvalue weighted by atomic mass is 10.0. The zero-order valence-corrected chi connectivity index (χ0v) is 14.0. The maximum Gasteiger partial charge on any atom is 0.185 e. The molecule has 0 saturated carbocycles. The first-order valence-corrected chi connectivity index (χ1v) is 8.53. The molecule has 2 N–H and O–H groups in total. The third-order valence-electron chi connectivity index (χ3n) is 4.30. The van der Waals surface area contributed by atoms with Gasteiger partial charge in [0.15, 0.2) is 5.13 Å². The molecule has 20 heavy (non-hydrogen) atoms. The standard InChI is InChI=1S/C15H28N4S/c1-5-19-8-6-12(7-9-19)18(4)15-17-14(11(2)3)13(10-16)20-15/h11-12H,5-10,16H2,1-4H3. The largest absolute Gasteiger partial charge is 0.348 e. The van der Waals surface area contributed by atoms with Crippen LogP contribution < -0.4 is 10.6 Å². The van der Waals surface area contributed by atoms with Crippen molar-refractivity contribution in [3.8, 4) is 0 Å². The molecular formula is C15H28N4S. The fourth-order valence-electron chi connectivity index (χ4n) is 2.88. The molecule has 0 aliphatic carbocycles. The zero-order valence-electron chi connectivity index (χ0n) is 13.2. The predicted octanol–water partition coefficient (Wildman–Crippen LogP) is 2.65. The Morgan fingerprint density at radius 1 is 1.40 bits per heavy atom. The maximum atomic E-state index is 5.86. The Kier molecular flexibility index (Phi) is 5.41. The number of thiazole rings is 1. The number of anilines is 1. The number of nitrogens with two attached hydrogens (primary N) is 1. The molecule has 1 aliphatic rings. The first kappa shape index (κ1) is 15.7. The molecule has 0 amide bonds. The molecule has 0 atom stereocenters. The third kappa shape index (κ3) is 3.32. The number of likely N-dealkylation sites (tertiary alicyclic amines) is 1. The molecule has 1 aromatic rings. The third-order valence-corrected chi connectivity index (χ3v) is 5.49. The van der Waals surface area contributed by atoms with Gasteiger partial charge in [-0.15, -0.1) is 11.3 Å². The summed E-state index contributed by atoms with van der Waals surface area (Å²) >= 11 is 1.77. The lowest BCUT2D eigenvalue weighted by molar-refractivity contribution is 0.221. The molecule has 0 aromatic carbocycles. The highest BCUT2D eigenvalue weighted by atomic mass is 32.1. The smallest absolute Gasteiger partial charge is 0.185 e. The molecule has 2 heterocycles. The molecule has 0 unspecified atom stereocenters. The Morgan fingerprint density at radius 2 is 2.05 bits per heavy atom. The lowest BCUT2D eigenvalue weighted by Crippen LogP contribution is -2.43. The van der Waals surface area contributed by atoms with Crippen LogP contribution in [0.25, 0.3) is 0 Å². The number of hydrogen-bond acceptors (Lipinski definition) is 5. The van der Waals surface area contributed by atoms with Crippen LogP contribution in [0.3, 0.4) is 0 Å². The predicted molar refractivity (Wildman–Crippen MR) is 87.6 cm³/mol. The van der Waals surface area contributed by atoms with Gasteiger partial charge in [-0.1, -0.05) is 20.8 Å². The van der Waals surface area contributed by atoms with Crippen molar-refractivity contribution in [1.82, 2.24) is 9.88 Å². The normalized spacial score (nSPS) is 17.9. The van der Waals surface area contributed by atoms with Crippen LogP contribution in [0.4, 0.5) is 5.13 Å². The summed E-state index contributed by atoms with van der Waals surface area (Å²) in [4.78, 5) is 11.0. The Balaban J connectivity index is 2.07. The first-order chi connectivity index (χ1) is 9.56. The molecule has 114 valence electrons. The highest BCUT2D eigenvalue weighted by Crippen LogP contribution is 2.32. The van der Waals surface area contributed by atoms with Gasteiger partial charge in [-0.25, -0.2) is 4.98 Å². The minimum atomic E-state index is 0.453. The van der Waals surface area contributed by atoms with Gasteiger partial charge >= 0.3 is 0 Å². The summed E-state index contributed by atoms with van der Waals surface area (Å²) in [5.41, 5.74) is 7.05. The van der Waals surface area contributed by atoms with E-state index < -0.39 is 0 Å². The number of piperidine rings is 1. The topological polar surface area (TPSA) is 45.4 Å². The summed E-state index contributed by atoms with van der Waals surface area (Å²) in [6, 6.07) is 0.620. The zero-order chi connectivity index (χ0) is 14.7. The summed E-state index contributed by atoms with van der Waals surface area (Å²) in [6.07, 6.45) is 2.47. The van der Waals surface area contributed by atoms with Crippen LogP contribution in [0.15, 0.2) is 0 Å². The summed E-state index contributed by atoms with van der Waals surface area (Å²) in [6.45, 7) is 10.8. The van der Waals surface area contributed by atoms with Crippen LogP contribution in [0, 0.1) is 0 Å². The molecule has 1 fully saturated rings. The van der Waals surface area contributed by atoms with Crippen molar-refractivity contribution in [1.29, 1.82) is 0 Å². The van der Waals surface area contributed by atoms with Crippen molar-refractivity contribution >= 4 is 16.5 Å². The summed E-state index contributed by atoms with van der Waals surface area (Å²) in [5.74, 6) is 0.453. The highest BCUT2D eigenvalue weighted by Gasteiger charge is 2.24. The Hall–Kier alpha value is -0.650. The number of hydrogen-bond donors (Lipinski definition) is 1. The quantitative estimate of drug-likeness (QED) is 0.907. The van der Waals surface area contributed by atoms with E-state index in [-0.39, 0.29) is 0 Å². The van der Waals surface area contributed by atoms with Crippen LogP contribution in [0.1, 0.15) is 50.1 Å². The highest BCUT2D eigenvalue weighted by molar-refractivity contribution is 7.15. The van der Waals surface area contributed by atoms with Crippen LogP contribution in [0.5, 0.6) is 0 Å². The van der Waals surface area contributed by atoms with Gasteiger partial charge in [0, 0.05) is 37.6 Å². The molecular weight excluding hydrogens is 268 g/mol. The molecule has 1 aromatic heterocycles. The maximum absolute atomic E-state index is 5.86. The molecule has 0 radical (unpaired) electrons. The van der Waals surface area contributed by atoms with E-state index >= 15 is 0 Å². The van der Waals surface area contributed by atoms with E-state index in [2.05, 4.69) is 37.6 Å². The van der Waals surface area contributed by atoms with E-state index in [1.807, 2.05) is 0 Å². The van der Waals surface area contributed by atoms with E-state index in [0.717, 1.165) is 5.13 Å². The average Bonchev–Trinajstić information content (AvgIpc) is 2.91. The van der Waals surface area contributed by atoms with Crippen molar-refractivity contribution in [3.05, 3.63) is 10.6 Å². The second-order valence-electron chi connectivity index (χ2n) is 5.94. The molecule has 1 saturated heterocycles. The average molecular weight is 296 g/mol. The van der Waals surface area contributed by atoms with Gasteiger partial charge in [0.1, 0.15) is 0 Å². The molecule has 0 spiro atoms. The molecule has 5 heteroatoms. The Morgan fingerprint density at radius 3 is 2.50 bits per heavy atom. The van der Waals surface area contributed by atoms with E-state index in [1.165, 1.54) is 43.0 Å². The Bertz CT molecular complexity index is 422. The van der Waals surface area contributed by atoms with Gasteiger partial charge in [0.05, 0.1) is 5.69 Å². The number of rotatable bonds is 5. The van der Waals surface area contributed by atoms with Crippen molar-refractivity contribution in [3.63, 3.8) is 0 Å². The van der Waals surface area contributed by atoms with Crippen molar-refractivity contribution < 1.29 is 0 Å². The molecule has 2 rings (SSSR count). The second kappa shape index (κ2) is 6.87. The van der Waals surface area contributed by atoms with Gasteiger partial charge in [-0.2, -0.15) is 0 Å². The SMILES string of the molecule is CCN1CCC(N(C)c2nc(C(C)C)c(CN)s2)CC1. The van der Waals surface area contributed by atoms with Crippen LogP contribution in [-0.2, 0) is 6.54 Å². The van der Waals surface area contributed by atoms with Crippen molar-refractivity contribution in [2.75, 3.05) is 31.6 Å². The van der Waals surface area contributed by atoms with Crippen molar-refractivity contribution in [2.45, 2.75) is 52.1 Å². The van der Waals surface area contributed by atoms with Gasteiger partial charge < -0.3 is 15.5 Å². The fraction of sp³-hybridized carbons (Fsp3) is 0.800. The van der Waals surface area contributed by atoms with E-state index in [4.69, 9.17) is 10.7 Å². The van der Waals surface area contributed by atoms with Crippen LogP contribution in [0.2, 0.25) is 0 Å². The summed E-state index contributed by atoms with van der Waals surface area (Å²) in [5, 5.41) is 1.14. The van der Waals surface area contributed by atoms with Crippen molar-refractivity contribution in [2.24, 2.45) is 5.73 Å². The van der Waals surface area contributed by atoms with Gasteiger partial charge in [0.25, 0.3) is 0 Å². The fourth-order valence-corrected chi connectivity index (χ4v) is 4.00. The van der Waals surface area contributed by atoms with Crippen LogP contribution >= 0.6 is 11.3 Å². The first-order valence-electron chi connectivity index (χ1n) is 7.71. The lowest BCUT2D eigenvalue weighted by Gasteiger charge is -2.36. The van der Waals surface area contributed by atoms with Gasteiger partial charge in [-0.3, -0.25) is 0 Å². The molecule has 4 nitrogen and oxygen atoms in total. The summed E-state index contributed by atoms with van der Waals surface area (Å²) < 4.78 is 0. The Labute approximate surface area is 127 Å².